The molecule has 3 aromatic carbocycles. The predicted molar refractivity (Wildman–Crippen MR) is 110 cm³/mol. The summed E-state index contributed by atoms with van der Waals surface area (Å²) in [4.78, 5) is 2.45. The first kappa shape index (κ1) is 16.9. The van der Waals surface area contributed by atoms with Gasteiger partial charge in [-0.25, -0.2) is 0 Å². The van der Waals surface area contributed by atoms with Crippen LogP contribution in [0.25, 0.3) is 0 Å². The topological polar surface area (TPSA) is 29.3 Å². The molecular formula is C24H26N2. The largest absolute Gasteiger partial charge is 0.371 e. The SMILES string of the molecule is NC1CCN(c2ccc(C(c3ccccc3)c3ccccc3)cc2)CC1. The maximum Gasteiger partial charge on any atom is 0.0366 e. The second kappa shape index (κ2) is 7.76. The number of piperidine rings is 1. The summed E-state index contributed by atoms with van der Waals surface area (Å²) in [5.74, 6) is 0.265. The fraction of sp³-hybridized carbons (Fsp3) is 0.250. The molecule has 1 heterocycles. The van der Waals surface area contributed by atoms with E-state index in [2.05, 4.69) is 89.8 Å². The number of nitrogens with zero attached hydrogens (tertiary/aromatic N) is 1. The van der Waals surface area contributed by atoms with Gasteiger partial charge in [0.15, 0.2) is 0 Å². The maximum absolute atomic E-state index is 6.04. The molecular weight excluding hydrogens is 316 g/mol. The summed E-state index contributed by atoms with van der Waals surface area (Å²) in [5.41, 5.74) is 11.3. The third-order valence-corrected chi connectivity index (χ3v) is 5.40. The standard InChI is InChI=1S/C24H26N2/c25-22-15-17-26(18-16-22)23-13-11-21(12-14-23)24(19-7-3-1-4-8-19)20-9-5-2-6-10-20/h1-14,22,24H,15-18,25H2. The molecule has 132 valence electrons. The Balaban J connectivity index is 1.64. The summed E-state index contributed by atoms with van der Waals surface area (Å²) in [5, 5.41) is 0. The molecule has 0 atom stereocenters. The zero-order valence-electron chi connectivity index (χ0n) is 15.1. The highest BCUT2D eigenvalue weighted by molar-refractivity contribution is 5.51. The van der Waals surface area contributed by atoms with Crippen LogP contribution in [0.3, 0.4) is 0 Å². The average molecular weight is 342 g/mol. The van der Waals surface area contributed by atoms with Gasteiger partial charge < -0.3 is 10.6 Å². The van der Waals surface area contributed by atoms with Crippen LogP contribution in [-0.2, 0) is 0 Å². The molecule has 0 radical (unpaired) electrons. The van der Waals surface area contributed by atoms with Crippen LogP contribution in [0.2, 0.25) is 0 Å². The smallest absolute Gasteiger partial charge is 0.0366 e. The zero-order chi connectivity index (χ0) is 17.8. The second-order valence-electron chi connectivity index (χ2n) is 7.17. The Morgan fingerprint density at radius 1 is 0.654 bits per heavy atom. The van der Waals surface area contributed by atoms with Crippen LogP contribution < -0.4 is 10.6 Å². The van der Waals surface area contributed by atoms with Gasteiger partial charge in [-0.15, -0.1) is 0 Å². The number of hydrogen-bond donors (Lipinski definition) is 1. The van der Waals surface area contributed by atoms with Crippen molar-refractivity contribution in [2.75, 3.05) is 18.0 Å². The minimum absolute atomic E-state index is 0.265. The summed E-state index contributed by atoms with van der Waals surface area (Å²) >= 11 is 0. The summed E-state index contributed by atoms with van der Waals surface area (Å²) in [7, 11) is 0. The molecule has 1 aliphatic rings. The van der Waals surface area contributed by atoms with Crippen LogP contribution in [0.1, 0.15) is 35.4 Å². The lowest BCUT2D eigenvalue weighted by Crippen LogP contribution is -2.39. The van der Waals surface area contributed by atoms with Crippen LogP contribution in [0.15, 0.2) is 84.9 Å². The molecule has 0 spiro atoms. The quantitative estimate of drug-likeness (QED) is 0.691. The second-order valence-corrected chi connectivity index (χ2v) is 7.17. The molecule has 0 aromatic heterocycles. The molecule has 2 heteroatoms. The van der Waals surface area contributed by atoms with Crippen molar-refractivity contribution in [3.05, 3.63) is 102 Å². The average Bonchev–Trinajstić information content (AvgIpc) is 2.71. The Morgan fingerprint density at radius 3 is 1.62 bits per heavy atom. The third kappa shape index (κ3) is 3.66. The van der Waals surface area contributed by atoms with Gasteiger partial charge >= 0.3 is 0 Å². The Bertz CT molecular complexity index is 764. The van der Waals surface area contributed by atoms with Crippen molar-refractivity contribution in [2.45, 2.75) is 24.8 Å². The molecule has 2 N–H and O–H groups in total. The van der Waals surface area contributed by atoms with Crippen LogP contribution in [-0.4, -0.2) is 19.1 Å². The molecule has 26 heavy (non-hydrogen) atoms. The Morgan fingerprint density at radius 2 is 1.12 bits per heavy atom. The van der Waals surface area contributed by atoms with Gasteiger partial charge in [-0.05, 0) is 41.7 Å². The molecule has 4 rings (SSSR count). The summed E-state index contributed by atoms with van der Waals surface area (Å²) in [6, 6.07) is 31.0. The van der Waals surface area contributed by atoms with Gasteiger partial charge in [0.1, 0.15) is 0 Å². The van der Waals surface area contributed by atoms with Crippen LogP contribution in [0.4, 0.5) is 5.69 Å². The predicted octanol–water partition coefficient (Wildman–Crippen LogP) is 4.79. The van der Waals surface area contributed by atoms with Gasteiger partial charge in [0, 0.05) is 30.7 Å². The highest BCUT2D eigenvalue weighted by Gasteiger charge is 2.19. The third-order valence-electron chi connectivity index (χ3n) is 5.40. The number of benzene rings is 3. The summed E-state index contributed by atoms with van der Waals surface area (Å²) in [6.07, 6.45) is 2.16. The van der Waals surface area contributed by atoms with E-state index in [1.807, 2.05) is 0 Å². The van der Waals surface area contributed by atoms with Gasteiger partial charge in [0.05, 0.1) is 0 Å². The van der Waals surface area contributed by atoms with Crippen molar-refractivity contribution in [1.82, 2.24) is 0 Å². The van der Waals surface area contributed by atoms with E-state index in [1.54, 1.807) is 0 Å². The lowest BCUT2D eigenvalue weighted by Gasteiger charge is -2.32. The van der Waals surface area contributed by atoms with Crippen LogP contribution >= 0.6 is 0 Å². The van der Waals surface area contributed by atoms with E-state index in [9.17, 15) is 0 Å². The first-order valence-electron chi connectivity index (χ1n) is 9.51. The van der Waals surface area contributed by atoms with Gasteiger partial charge in [-0.1, -0.05) is 72.8 Å². The lowest BCUT2D eigenvalue weighted by atomic mass is 9.85. The van der Waals surface area contributed by atoms with E-state index in [4.69, 9.17) is 5.73 Å². The molecule has 1 saturated heterocycles. The first-order valence-corrected chi connectivity index (χ1v) is 9.51. The van der Waals surface area contributed by atoms with Crippen molar-refractivity contribution >= 4 is 5.69 Å². The summed E-state index contributed by atoms with van der Waals surface area (Å²) in [6.45, 7) is 2.11. The Kier molecular flexibility index (Phi) is 5.03. The van der Waals surface area contributed by atoms with Crippen molar-refractivity contribution in [2.24, 2.45) is 5.73 Å². The van der Waals surface area contributed by atoms with Gasteiger partial charge in [-0.3, -0.25) is 0 Å². The van der Waals surface area contributed by atoms with Crippen molar-refractivity contribution < 1.29 is 0 Å². The highest BCUT2D eigenvalue weighted by atomic mass is 15.1. The Hall–Kier alpha value is -2.58. The van der Waals surface area contributed by atoms with E-state index in [0.717, 1.165) is 25.9 Å². The summed E-state index contributed by atoms with van der Waals surface area (Å²) < 4.78 is 0. The number of anilines is 1. The van der Waals surface area contributed by atoms with Crippen LogP contribution in [0, 0.1) is 0 Å². The van der Waals surface area contributed by atoms with Crippen molar-refractivity contribution in [3.63, 3.8) is 0 Å². The van der Waals surface area contributed by atoms with Crippen molar-refractivity contribution in [1.29, 1.82) is 0 Å². The van der Waals surface area contributed by atoms with E-state index in [1.165, 1.54) is 22.4 Å². The van der Waals surface area contributed by atoms with E-state index in [0.29, 0.717) is 6.04 Å². The number of rotatable bonds is 4. The monoisotopic (exact) mass is 342 g/mol. The highest BCUT2D eigenvalue weighted by Crippen LogP contribution is 2.33. The zero-order valence-corrected chi connectivity index (χ0v) is 15.1. The normalized spacial score (nSPS) is 15.4. The molecule has 0 unspecified atom stereocenters. The molecule has 0 saturated carbocycles. The number of nitrogens with two attached hydrogens (primary N) is 1. The molecule has 1 aliphatic heterocycles. The maximum atomic E-state index is 6.04. The molecule has 0 bridgehead atoms. The lowest BCUT2D eigenvalue weighted by molar-refractivity contribution is 0.501. The minimum Gasteiger partial charge on any atom is -0.371 e. The van der Waals surface area contributed by atoms with Gasteiger partial charge in [0.2, 0.25) is 0 Å². The van der Waals surface area contributed by atoms with E-state index >= 15 is 0 Å². The molecule has 2 nitrogen and oxygen atoms in total. The fourth-order valence-corrected chi connectivity index (χ4v) is 3.90. The molecule has 0 aliphatic carbocycles. The van der Waals surface area contributed by atoms with Gasteiger partial charge in [0.25, 0.3) is 0 Å². The van der Waals surface area contributed by atoms with Crippen LogP contribution in [0.5, 0.6) is 0 Å². The van der Waals surface area contributed by atoms with E-state index < -0.39 is 0 Å². The Labute approximate surface area is 156 Å². The molecule has 3 aromatic rings. The first-order chi connectivity index (χ1) is 12.8. The molecule has 1 fully saturated rings. The fourth-order valence-electron chi connectivity index (χ4n) is 3.90. The van der Waals surface area contributed by atoms with Gasteiger partial charge in [-0.2, -0.15) is 0 Å². The van der Waals surface area contributed by atoms with Crippen molar-refractivity contribution in [3.8, 4) is 0 Å². The minimum atomic E-state index is 0.265. The molecule has 0 amide bonds. The van der Waals surface area contributed by atoms with E-state index in [-0.39, 0.29) is 5.92 Å². The number of hydrogen-bond acceptors (Lipinski definition) is 2.